The Balaban J connectivity index is 1.96. The number of methoxy groups -OCH3 is 1. The minimum Gasteiger partial charge on any atom is -0.475 e. The number of Topliss-reactive ketones (excluding diaryl/α,β-unsaturated/α-hetero) is 1. The van der Waals surface area contributed by atoms with Gasteiger partial charge in [0, 0.05) is 19.6 Å². The number of alkyl halides is 3. The number of pyridine rings is 1. The van der Waals surface area contributed by atoms with E-state index in [1.807, 2.05) is 0 Å². The van der Waals surface area contributed by atoms with Gasteiger partial charge in [0.1, 0.15) is 6.61 Å². The van der Waals surface area contributed by atoms with E-state index in [2.05, 4.69) is 4.98 Å². The van der Waals surface area contributed by atoms with Crippen LogP contribution in [0.4, 0.5) is 18.9 Å². The van der Waals surface area contributed by atoms with Crippen molar-refractivity contribution in [3.63, 3.8) is 0 Å². The Morgan fingerprint density at radius 2 is 1.97 bits per heavy atom. The Morgan fingerprint density at radius 1 is 1.30 bits per heavy atom. The van der Waals surface area contributed by atoms with Gasteiger partial charge in [-0.1, -0.05) is 18.0 Å². The number of halogens is 4. The normalized spacial score (nSPS) is 19.5. The third kappa shape index (κ3) is 6.80. The second-order valence-corrected chi connectivity index (χ2v) is 7.68. The molecule has 1 heterocycles. The van der Waals surface area contributed by atoms with Crippen LogP contribution >= 0.6 is 11.6 Å². The molecule has 1 aliphatic carbocycles. The van der Waals surface area contributed by atoms with Gasteiger partial charge in [-0.3, -0.25) is 14.9 Å². The molecule has 0 N–H and O–H groups in total. The molecule has 0 bridgehead atoms. The number of rotatable bonds is 10. The van der Waals surface area contributed by atoms with Crippen molar-refractivity contribution < 1.29 is 32.4 Å². The summed E-state index contributed by atoms with van der Waals surface area (Å²) in [6.45, 7) is 0.310. The average Bonchev–Trinajstić information content (AvgIpc) is 2.67. The van der Waals surface area contributed by atoms with Crippen LogP contribution in [0.15, 0.2) is 6.07 Å². The molecule has 1 saturated carbocycles. The van der Waals surface area contributed by atoms with Gasteiger partial charge in [0.15, 0.2) is 5.78 Å². The molecule has 0 aliphatic heterocycles. The molecule has 0 saturated heterocycles. The molecule has 1 aromatic rings. The topological polar surface area (TPSA) is 91.6 Å². The summed E-state index contributed by atoms with van der Waals surface area (Å²) in [7, 11) is 1.47. The highest BCUT2D eigenvalue weighted by Gasteiger charge is 2.41. The summed E-state index contributed by atoms with van der Waals surface area (Å²) in [5, 5.41) is 10.7. The number of nitro groups is 1. The number of nitrogens with zero attached hydrogens (tertiary/aromatic N) is 2. The zero-order valence-electron chi connectivity index (χ0n) is 16.5. The van der Waals surface area contributed by atoms with Gasteiger partial charge in [-0.05, 0) is 38.0 Å². The van der Waals surface area contributed by atoms with E-state index < -0.39 is 28.5 Å². The number of carbonyl (C=O) groups excluding carboxylic acids is 1. The van der Waals surface area contributed by atoms with Crippen molar-refractivity contribution in [3.8, 4) is 5.88 Å². The van der Waals surface area contributed by atoms with Crippen LogP contribution in [0.5, 0.6) is 5.88 Å². The van der Waals surface area contributed by atoms with Gasteiger partial charge >= 0.3 is 11.9 Å². The van der Waals surface area contributed by atoms with Crippen molar-refractivity contribution in [2.24, 2.45) is 11.8 Å². The van der Waals surface area contributed by atoms with E-state index in [0.717, 1.165) is 6.07 Å². The standard InChI is InChI=1S/C19H24ClF3N2O5/c1-29-9-10-30-18-14(11-15(25(27)28)17(20)24-18)16(26)4-2-3-12-5-7-13(8-6-12)19(21,22)23/h11-13H,2-10H2,1H3. The maximum Gasteiger partial charge on any atom is 0.391 e. The van der Waals surface area contributed by atoms with E-state index in [-0.39, 0.29) is 55.0 Å². The lowest BCUT2D eigenvalue weighted by atomic mass is 9.79. The second kappa shape index (κ2) is 10.9. The quantitative estimate of drug-likeness (QED) is 0.155. The Hall–Kier alpha value is -1.94. The SMILES string of the molecule is COCCOc1nc(Cl)c([N+](=O)[O-])cc1C(=O)CCCC1CCC(C(F)(F)F)CC1. The first-order chi connectivity index (χ1) is 14.1. The first-order valence-corrected chi connectivity index (χ1v) is 10.1. The van der Waals surface area contributed by atoms with E-state index in [1.54, 1.807) is 0 Å². The van der Waals surface area contributed by atoms with E-state index >= 15 is 0 Å². The predicted octanol–water partition coefficient (Wildman–Crippen LogP) is 5.39. The number of hydrogen-bond donors (Lipinski definition) is 0. The van der Waals surface area contributed by atoms with Gasteiger partial charge in [0.25, 0.3) is 0 Å². The Kier molecular flexibility index (Phi) is 8.84. The summed E-state index contributed by atoms with van der Waals surface area (Å²) in [6.07, 6.45) is -1.76. The third-order valence-corrected chi connectivity index (χ3v) is 5.55. The van der Waals surface area contributed by atoms with Crippen molar-refractivity contribution in [1.82, 2.24) is 4.98 Å². The van der Waals surface area contributed by atoms with Crippen molar-refractivity contribution in [2.75, 3.05) is 20.3 Å². The van der Waals surface area contributed by atoms with Crippen LogP contribution in [0.2, 0.25) is 5.15 Å². The molecule has 0 amide bonds. The highest BCUT2D eigenvalue weighted by Crippen LogP contribution is 2.41. The first kappa shape index (κ1) is 24.3. The third-order valence-electron chi connectivity index (χ3n) is 5.27. The number of ketones is 1. The maximum absolute atomic E-state index is 12.8. The molecule has 7 nitrogen and oxygen atoms in total. The van der Waals surface area contributed by atoms with Gasteiger partial charge in [-0.2, -0.15) is 18.2 Å². The monoisotopic (exact) mass is 452 g/mol. The molecule has 0 aromatic carbocycles. The van der Waals surface area contributed by atoms with Crippen molar-refractivity contribution in [1.29, 1.82) is 0 Å². The molecule has 1 aliphatic rings. The molecule has 30 heavy (non-hydrogen) atoms. The largest absolute Gasteiger partial charge is 0.475 e. The Bertz CT molecular complexity index is 752. The summed E-state index contributed by atoms with van der Waals surface area (Å²) in [6, 6.07) is 1.05. The molecule has 11 heteroatoms. The van der Waals surface area contributed by atoms with Crippen molar-refractivity contribution >= 4 is 23.1 Å². The molecule has 1 aromatic heterocycles. The average molecular weight is 453 g/mol. The number of ether oxygens (including phenoxy) is 2. The van der Waals surface area contributed by atoms with Crippen LogP contribution < -0.4 is 4.74 Å². The number of aromatic nitrogens is 1. The maximum atomic E-state index is 12.8. The van der Waals surface area contributed by atoms with Crippen LogP contribution in [0, 0.1) is 22.0 Å². The summed E-state index contributed by atoms with van der Waals surface area (Å²) >= 11 is 5.81. The molecule has 1 fully saturated rings. The summed E-state index contributed by atoms with van der Waals surface area (Å²) < 4.78 is 48.5. The highest BCUT2D eigenvalue weighted by molar-refractivity contribution is 6.31. The number of hydrogen-bond acceptors (Lipinski definition) is 6. The summed E-state index contributed by atoms with van der Waals surface area (Å²) in [5.74, 6) is -1.58. The molecule has 2 rings (SSSR count). The molecule has 0 unspecified atom stereocenters. The van der Waals surface area contributed by atoms with E-state index in [9.17, 15) is 28.1 Å². The minimum absolute atomic E-state index is 0.0389. The van der Waals surface area contributed by atoms with E-state index in [1.165, 1.54) is 7.11 Å². The second-order valence-electron chi connectivity index (χ2n) is 7.32. The fraction of sp³-hybridized carbons (Fsp3) is 0.684. The summed E-state index contributed by atoms with van der Waals surface area (Å²) in [4.78, 5) is 26.9. The molecule has 0 atom stereocenters. The lowest BCUT2D eigenvalue weighted by molar-refractivity contribution is -0.385. The van der Waals surface area contributed by atoms with Crippen molar-refractivity contribution in [2.45, 2.75) is 51.1 Å². The highest BCUT2D eigenvalue weighted by atomic mass is 35.5. The summed E-state index contributed by atoms with van der Waals surface area (Å²) in [5.41, 5.74) is -0.535. The van der Waals surface area contributed by atoms with Crippen LogP contribution in [0.1, 0.15) is 55.3 Å². The van der Waals surface area contributed by atoms with Gasteiger partial charge in [-0.15, -0.1) is 0 Å². The fourth-order valence-corrected chi connectivity index (χ4v) is 3.79. The zero-order chi connectivity index (χ0) is 22.3. The molecule has 0 radical (unpaired) electrons. The van der Waals surface area contributed by atoms with Crippen LogP contribution in [0.25, 0.3) is 0 Å². The molecule has 168 valence electrons. The van der Waals surface area contributed by atoms with Crippen LogP contribution in [-0.4, -0.2) is 42.2 Å². The number of carbonyl (C=O) groups is 1. The zero-order valence-corrected chi connectivity index (χ0v) is 17.3. The molecule has 0 spiro atoms. The van der Waals surface area contributed by atoms with Crippen molar-refractivity contribution in [3.05, 3.63) is 26.9 Å². The smallest absolute Gasteiger partial charge is 0.391 e. The lowest BCUT2D eigenvalue weighted by Crippen LogP contribution is -2.27. The Labute approximate surface area is 177 Å². The minimum atomic E-state index is -4.14. The van der Waals surface area contributed by atoms with E-state index in [0.29, 0.717) is 25.7 Å². The first-order valence-electron chi connectivity index (χ1n) is 9.70. The van der Waals surface area contributed by atoms with Gasteiger partial charge in [0.05, 0.1) is 23.0 Å². The Morgan fingerprint density at radius 3 is 2.53 bits per heavy atom. The van der Waals surface area contributed by atoms with Crippen LogP contribution in [-0.2, 0) is 4.74 Å². The predicted molar refractivity (Wildman–Crippen MR) is 103 cm³/mol. The molecular formula is C19H24ClF3N2O5. The van der Waals surface area contributed by atoms with Crippen LogP contribution in [0.3, 0.4) is 0 Å². The fourth-order valence-electron chi connectivity index (χ4n) is 3.59. The van der Waals surface area contributed by atoms with E-state index in [4.69, 9.17) is 21.1 Å². The van der Waals surface area contributed by atoms with Gasteiger partial charge < -0.3 is 9.47 Å². The van der Waals surface area contributed by atoms with Gasteiger partial charge in [-0.25, -0.2) is 0 Å². The van der Waals surface area contributed by atoms with Gasteiger partial charge in [0.2, 0.25) is 11.0 Å². The molecular weight excluding hydrogens is 429 g/mol. The lowest BCUT2D eigenvalue weighted by Gasteiger charge is -2.29.